The van der Waals surface area contributed by atoms with E-state index < -0.39 is 5.97 Å². The highest BCUT2D eigenvalue weighted by molar-refractivity contribution is 6.33. The molecule has 2 aromatic carbocycles. The summed E-state index contributed by atoms with van der Waals surface area (Å²) in [5, 5.41) is 12.6. The Balaban J connectivity index is 2.18. The lowest BCUT2D eigenvalue weighted by Crippen LogP contribution is -2.05. The highest BCUT2D eigenvalue weighted by Gasteiger charge is 2.07. The molecule has 0 aliphatic heterocycles. The predicted octanol–water partition coefficient (Wildman–Crippen LogP) is 4.57. The topological polar surface area (TPSA) is 58.6 Å². The summed E-state index contributed by atoms with van der Waals surface area (Å²) in [4.78, 5) is 11.0. The monoisotopic (exact) mass is 305 g/mol. The van der Waals surface area contributed by atoms with Crippen molar-refractivity contribution in [1.82, 2.24) is 0 Å². The second kappa shape index (κ2) is 6.50. The van der Waals surface area contributed by atoms with Crippen LogP contribution in [0.1, 0.15) is 24.2 Å². The van der Waals surface area contributed by atoms with Crippen molar-refractivity contribution in [3.63, 3.8) is 0 Å². The summed E-state index contributed by atoms with van der Waals surface area (Å²) in [5.74, 6) is -0.212. The van der Waals surface area contributed by atoms with Gasteiger partial charge in [0, 0.05) is 5.69 Å². The number of carboxylic acid groups (broad SMARTS) is 1. The molecule has 0 amide bonds. The van der Waals surface area contributed by atoms with E-state index in [1.807, 2.05) is 38.1 Å². The van der Waals surface area contributed by atoms with Crippen LogP contribution < -0.4 is 10.1 Å². The minimum absolute atomic E-state index is 0.116. The molecule has 0 spiro atoms. The van der Waals surface area contributed by atoms with Crippen LogP contribution in [0, 0.1) is 0 Å². The standard InChI is InChI=1S/C16H16ClNO3/c1-10(2)21-13-6-4-12(5-7-13)18-15-9-11(16(19)20)3-8-14(15)17/h3-10,18H,1-2H3,(H,19,20). The molecule has 2 aromatic rings. The van der Waals surface area contributed by atoms with Crippen molar-refractivity contribution in [2.75, 3.05) is 5.32 Å². The van der Waals surface area contributed by atoms with Gasteiger partial charge in [-0.1, -0.05) is 11.6 Å². The van der Waals surface area contributed by atoms with Crippen molar-refractivity contribution in [3.05, 3.63) is 53.1 Å². The van der Waals surface area contributed by atoms with Crippen molar-refractivity contribution >= 4 is 28.9 Å². The first-order valence-electron chi connectivity index (χ1n) is 6.52. The first-order chi connectivity index (χ1) is 9.95. The average Bonchev–Trinajstić information content (AvgIpc) is 2.42. The second-order valence-electron chi connectivity index (χ2n) is 4.82. The number of carboxylic acids is 1. The fraction of sp³-hybridized carbons (Fsp3) is 0.188. The highest BCUT2D eigenvalue weighted by atomic mass is 35.5. The number of aromatic carboxylic acids is 1. The molecule has 0 fully saturated rings. The number of anilines is 2. The normalized spacial score (nSPS) is 10.5. The van der Waals surface area contributed by atoms with Crippen LogP contribution in [-0.2, 0) is 0 Å². The zero-order chi connectivity index (χ0) is 15.4. The minimum atomic E-state index is -0.990. The summed E-state index contributed by atoms with van der Waals surface area (Å²) in [6.45, 7) is 3.92. The van der Waals surface area contributed by atoms with Gasteiger partial charge in [-0.2, -0.15) is 0 Å². The summed E-state index contributed by atoms with van der Waals surface area (Å²) in [6.07, 6.45) is 0.116. The molecule has 0 heterocycles. The summed E-state index contributed by atoms with van der Waals surface area (Å²) in [7, 11) is 0. The Morgan fingerprint density at radius 1 is 1.19 bits per heavy atom. The molecule has 21 heavy (non-hydrogen) atoms. The number of nitrogens with one attached hydrogen (secondary N) is 1. The summed E-state index contributed by atoms with van der Waals surface area (Å²) in [5.41, 5.74) is 1.53. The van der Waals surface area contributed by atoms with Crippen LogP contribution in [0.15, 0.2) is 42.5 Å². The lowest BCUT2D eigenvalue weighted by Gasteiger charge is -2.12. The predicted molar refractivity (Wildman–Crippen MR) is 83.9 cm³/mol. The molecule has 5 heteroatoms. The van der Waals surface area contributed by atoms with E-state index in [4.69, 9.17) is 21.4 Å². The maximum absolute atomic E-state index is 11.0. The van der Waals surface area contributed by atoms with Gasteiger partial charge in [0.05, 0.1) is 22.4 Å². The zero-order valence-electron chi connectivity index (χ0n) is 11.8. The average molecular weight is 306 g/mol. The van der Waals surface area contributed by atoms with Gasteiger partial charge in [-0.15, -0.1) is 0 Å². The molecule has 0 saturated heterocycles. The molecule has 0 aliphatic rings. The van der Waals surface area contributed by atoms with Gasteiger partial charge >= 0.3 is 5.97 Å². The number of hydrogen-bond acceptors (Lipinski definition) is 3. The van der Waals surface area contributed by atoms with Crippen LogP contribution in [0.5, 0.6) is 5.75 Å². The SMILES string of the molecule is CC(C)Oc1ccc(Nc2cc(C(=O)O)ccc2Cl)cc1. The van der Waals surface area contributed by atoms with Crippen LogP contribution in [0.25, 0.3) is 0 Å². The maximum Gasteiger partial charge on any atom is 0.335 e. The molecular weight excluding hydrogens is 290 g/mol. The van der Waals surface area contributed by atoms with E-state index in [1.165, 1.54) is 12.1 Å². The van der Waals surface area contributed by atoms with Gasteiger partial charge < -0.3 is 15.2 Å². The van der Waals surface area contributed by atoms with Crippen molar-refractivity contribution in [3.8, 4) is 5.75 Å². The molecule has 0 saturated carbocycles. The molecule has 0 unspecified atom stereocenters. The van der Waals surface area contributed by atoms with Crippen molar-refractivity contribution in [1.29, 1.82) is 0 Å². The Labute approximate surface area is 128 Å². The number of halogens is 1. The van der Waals surface area contributed by atoms with Crippen LogP contribution in [0.4, 0.5) is 11.4 Å². The summed E-state index contributed by atoms with van der Waals surface area (Å²) < 4.78 is 5.56. The molecule has 0 bridgehead atoms. The Morgan fingerprint density at radius 2 is 1.86 bits per heavy atom. The van der Waals surface area contributed by atoms with E-state index in [0.29, 0.717) is 10.7 Å². The second-order valence-corrected chi connectivity index (χ2v) is 5.22. The third-order valence-corrected chi connectivity index (χ3v) is 3.05. The molecular formula is C16H16ClNO3. The molecule has 0 atom stereocenters. The highest BCUT2D eigenvalue weighted by Crippen LogP contribution is 2.27. The molecule has 0 aromatic heterocycles. The molecule has 0 radical (unpaired) electrons. The maximum atomic E-state index is 11.0. The van der Waals surface area contributed by atoms with Gasteiger partial charge in [-0.3, -0.25) is 0 Å². The number of ether oxygens (including phenoxy) is 1. The third kappa shape index (κ3) is 4.13. The number of rotatable bonds is 5. The van der Waals surface area contributed by atoms with Crippen molar-refractivity contribution in [2.24, 2.45) is 0 Å². The van der Waals surface area contributed by atoms with Gasteiger partial charge in [0.25, 0.3) is 0 Å². The molecule has 0 aliphatic carbocycles. The minimum Gasteiger partial charge on any atom is -0.491 e. The fourth-order valence-corrected chi connectivity index (χ4v) is 1.96. The Bertz CT molecular complexity index is 638. The lowest BCUT2D eigenvalue weighted by atomic mass is 10.2. The fourth-order valence-electron chi connectivity index (χ4n) is 1.80. The van der Waals surface area contributed by atoms with Gasteiger partial charge in [-0.05, 0) is 56.3 Å². The first-order valence-corrected chi connectivity index (χ1v) is 6.90. The number of hydrogen-bond donors (Lipinski definition) is 2. The molecule has 2 N–H and O–H groups in total. The Morgan fingerprint density at radius 3 is 2.43 bits per heavy atom. The van der Waals surface area contributed by atoms with Gasteiger partial charge in [0.1, 0.15) is 5.75 Å². The molecule has 110 valence electrons. The first kappa shape index (κ1) is 15.2. The third-order valence-electron chi connectivity index (χ3n) is 2.72. The zero-order valence-corrected chi connectivity index (χ0v) is 12.5. The Kier molecular flexibility index (Phi) is 4.70. The smallest absolute Gasteiger partial charge is 0.335 e. The van der Waals surface area contributed by atoms with Crippen LogP contribution >= 0.6 is 11.6 Å². The van der Waals surface area contributed by atoms with E-state index in [9.17, 15) is 4.79 Å². The van der Waals surface area contributed by atoms with Crippen molar-refractivity contribution in [2.45, 2.75) is 20.0 Å². The van der Waals surface area contributed by atoms with E-state index in [-0.39, 0.29) is 11.7 Å². The molecule has 4 nitrogen and oxygen atoms in total. The van der Waals surface area contributed by atoms with E-state index in [1.54, 1.807) is 6.07 Å². The summed E-state index contributed by atoms with van der Waals surface area (Å²) >= 11 is 6.07. The van der Waals surface area contributed by atoms with Gasteiger partial charge in [0.15, 0.2) is 0 Å². The number of carbonyl (C=O) groups is 1. The molecule has 2 rings (SSSR count). The van der Waals surface area contributed by atoms with E-state index in [0.717, 1.165) is 11.4 Å². The van der Waals surface area contributed by atoms with E-state index >= 15 is 0 Å². The van der Waals surface area contributed by atoms with Crippen LogP contribution in [-0.4, -0.2) is 17.2 Å². The summed E-state index contributed by atoms with van der Waals surface area (Å²) in [6, 6.07) is 11.9. The quantitative estimate of drug-likeness (QED) is 0.849. The number of benzene rings is 2. The van der Waals surface area contributed by atoms with Gasteiger partial charge in [-0.25, -0.2) is 4.79 Å². The van der Waals surface area contributed by atoms with Gasteiger partial charge in [0.2, 0.25) is 0 Å². The lowest BCUT2D eigenvalue weighted by molar-refractivity contribution is 0.0697. The largest absolute Gasteiger partial charge is 0.491 e. The van der Waals surface area contributed by atoms with Crippen LogP contribution in [0.2, 0.25) is 5.02 Å². The van der Waals surface area contributed by atoms with E-state index in [2.05, 4.69) is 5.32 Å². The Hall–Kier alpha value is -2.20. The van der Waals surface area contributed by atoms with Crippen molar-refractivity contribution < 1.29 is 14.6 Å². The van der Waals surface area contributed by atoms with Crippen LogP contribution in [0.3, 0.4) is 0 Å².